The summed E-state index contributed by atoms with van der Waals surface area (Å²) in [6.45, 7) is 6.67. The van der Waals surface area contributed by atoms with Crippen molar-refractivity contribution in [1.29, 1.82) is 5.41 Å². The Bertz CT molecular complexity index is 1340. The molecule has 1 fully saturated rings. The Labute approximate surface area is 214 Å². The van der Waals surface area contributed by atoms with E-state index in [1.54, 1.807) is 11.0 Å². The van der Waals surface area contributed by atoms with Gasteiger partial charge in [0.05, 0.1) is 13.0 Å². The maximum atomic E-state index is 13.3. The first-order chi connectivity index (χ1) is 16.1. The van der Waals surface area contributed by atoms with Crippen molar-refractivity contribution in [3.8, 4) is 0 Å². The second kappa shape index (κ2) is 9.18. The van der Waals surface area contributed by atoms with Crippen LogP contribution in [0.15, 0.2) is 28.7 Å². The summed E-state index contributed by atoms with van der Waals surface area (Å²) in [5.74, 6) is 0.130. The normalized spacial score (nSPS) is 15.3. The molecule has 1 aliphatic heterocycles. The highest BCUT2D eigenvalue weighted by Crippen LogP contribution is 2.40. The molecule has 8 nitrogen and oxygen atoms in total. The third-order valence-electron chi connectivity index (χ3n) is 6.45. The van der Waals surface area contributed by atoms with Crippen LogP contribution in [-0.2, 0) is 23.2 Å². The third kappa shape index (κ3) is 5.00. The number of rotatable bonds is 7. The Morgan fingerprint density at radius 1 is 1.20 bits per heavy atom. The first-order valence-electron chi connectivity index (χ1n) is 11.6. The number of carbonyl (C=O) groups excluding carboxylic acids is 1. The zero-order valence-electron chi connectivity index (χ0n) is 20.1. The summed E-state index contributed by atoms with van der Waals surface area (Å²) in [7, 11) is 0. The number of carboxylic acid groups (broad SMARTS) is 1. The van der Waals surface area contributed by atoms with Gasteiger partial charge < -0.3 is 14.4 Å². The number of nitrogens with zero attached hydrogens (tertiary/aromatic N) is 3. The maximum Gasteiger partial charge on any atom is 0.303 e. The van der Waals surface area contributed by atoms with Crippen LogP contribution in [0, 0.1) is 5.41 Å². The van der Waals surface area contributed by atoms with Gasteiger partial charge in [-0.05, 0) is 36.5 Å². The number of oxazole rings is 1. The van der Waals surface area contributed by atoms with Gasteiger partial charge in [-0.3, -0.25) is 15.0 Å². The number of fused-ring (bicyclic) bond motifs is 2. The number of carboxylic acids is 1. The minimum Gasteiger partial charge on any atom is -0.481 e. The van der Waals surface area contributed by atoms with E-state index in [1.807, 2.05) is 39.0 Å². The summed E-state index contributed by atoms with van der Waals surface area (Å²) >= 11 is 0. The van der Waals surface area contributed by atoms with Gasteiger partial charge >= 0.3 is 5.97 Å². The van der Waals surface area contributed by atoms with Crippen LogP contribution in [0.3, 0.4) is 0 Å². The second-order valence-corrected chi connectivity index (χ2v) is 10.3. The molecule has 5 rings (SSSR count). The second-order valence-electron chi connectivity index (χ2n) is 10.3. The van der Waals surface area contributed by atoms with Gasteiger partial charge in [0.25, 0.3) is 0 Å². The molecule has 2 N–H and O–H groups in total. The van der Waals surface area contributed by atoms with Crippen molar-refractivity contribution in [2.75, 3.05) is 6.54 Å². The van der Waals surface area contributed by atoms with E-state index in [-0.39, 0.29) is 47.6 Å². The largest absolute Gasteiger partial charge is 0.481 e. The van der Waals surface area contributed by atoms with Crippen LogP contribution >= 0.6 is 17.0 Å². The van der Waals surface area contributed by atoms with E-state index in [0.717, 1.165) is 29.7 Å². The Hall–Kier alpha value is -3.07. The lowest BCUT2D eigenvalue weighted by atomic mass is 9.85. The van der Waals surface area contributed by atoms with Gasteiger partial charge in [0.2, 0.25) is 0 Å². The first kappa shape index (κ1) is 25.0. The molecule has 0 spiro atoms. The molecule has 1 saturated carbocycles. The number of hydrogen-bond acceptors (Lipinski definition) is 6. The third-order valence-corrected chi connectivity index (χ3v) is 6.45. The summed E-state index contributed by atoms with van der Waals surface area (Å²) in [5.41, 5.74) is 4.88. The fourth-order valence-electron chi connectivity index (χ4n) is 4.39. The summed E-state index contributed by atoms with van der Waals surface area (Å²) in [6, 6.07) is 7.63. The summed E-state index contributed by atoms with van der Waals surface area (Å²) in [6.07, 6.45) is 2.42. The topological polar surface area (TPSA) is 120 Å². The molecular formula is C26H29BrN4O4. The van der Waals surface area contributed by atoms with E-state index in [4.69, 9.17) is 19.9 Å². The summed E-state index contributed by atoms with van der Waals surface area (Å²) in [5, 5.41) is 17.6. The van der Waals surface area contributed by atoms with Gasteiger partial charge in [-0.1, -0.05) is 26.8 Å². The van der Waals surface area contributed by atoms with E-state index in [9.17, 15) is 9.59 Å². The van der Waals surface area contributed by atoms with Gasteiger partial charge in [0.15, 0.2) is 17.3 Å². The highest BCUT2D eigenvalue weighted by Gasteiger charge is 2.32. The van der Waals surface area contributed by atoms with Crippen LogP contribution in [-0.4, -0.2) is 44.1 Å². The summed E-state index contributed by atoms with van der Waals surface area (Å²) in [4.78, 5) is 35.2. The number of nitrogens with one attached hydrogen (secondary N) is 1. The van der Waals surface area contributed by atoms with Gasteiger partial charge in [-0.15, -0.1) is 17.0 Å². The Morgan fingerprint density at radius 2 is 1.94 bits per heavy atom. The van der Waals surface area contributed by atoms with Crippen molar-refractivity contribution in [3.63, 3.8) is 0 Å². The Morgan fingerprint density at radius 3 is 2.60 bits per heavy atom. The molecule has 1 aliphatic carbocycles. The van der Waals surface area contributed by atoms with E-state index in [0.29, 0.717) is 46.5 Å². The minimum absolute atomic E-state index is 0. The number of ketones is 1. The first-order valence-corrected chi connectivity index (χ1v) is 11.6. The molecule has 0 radical (unpaired) electrons. The van der Waals surface area contributed by atoms with Crippen LogP contribution in [0.2, 0.25) is 0 Å². The molecule has 9 heteroatoms. The average molecular weight is 541 g/mol. The number of benzene rings is 1. The van der Waals surface area contributed by atoms with Crippen LogP contribution in [0.5, 0.6) is 0 Å². The van der Waals surface area contributed by atoms with Crippen LogP contribution in [0.1, 0.15) is 84.7 Å². The standard InChI is InChI=1S/C26H28N4O4.BrH/c1-26(2,3)17-10-16(11-19-24(17)34-21(28-19)8-9-22(32)33)20(31)13-30-12-15-6-7-18(14-4-5-14)29-23(15)25(30)27;/h6-7,10-11,14,27H,4-5,8-9,12-13H2,1-3H3,(H,32,33);1H. The van der Waals surface area contributed by atoms with Crippen LogP contribution in [0.4, 0.5) is 0 Å². The van der Waals surface area contributed by atoms with Crippen molar-refractivity contribution < 1.29 is 19.1 Å². The van der Waals surface area contributed by atoms with E-state index < -0.39 is 5.97 Å². The molecule has 0 bridgehead atoms. The van der Waals surface area contributed by atoms with E-state index >= 15 is 0 Å². The summed E-state index contributed by atoms with van der Waals surface area (Å²) < 4.78 is 5.90. The molecule has 0 atom stereocenters. The smallest absolute Gasteiger partial charge is 0.303 e. The number of amidine groups is 1. The lowest BCUT2D eigenvalue weighted by Crippen LogP contribution is -2.30. The molecule has 2 aliphatic rings. The zero-order valence-corrected chi connectivity index (χ0v) is 21.8. The highest BCUT2D eigenvalue weighted by molar-refractivity contribution is 8.93. The Balaban J connectivity index is 0.00000289. The number of aryl methyl sites for hydroxylation is 1. The molecule has 1 aromatic carbocycles. The Kier molecular flexibility index (Phi) is 6.57. The number of halogens is 1. The molecule has 3 aromatic rings. The minimum atomic E-state index is -0.915. The number of carbonyl (C=O) groups is 2. The predicted molar refractivity (Wildman–Crippen MR) is 137 cm³/mol. The lowest BCUT2D eigenvalue weighted by Gasteiger charge is -2.21. The average Bonchev–Trinajstić information content (AvgIpc) is 3.47. The molecule has 0 saturated heterocycles. The maximum absolute atomic E-state index is 13.3. The van der Waals surface area contributed by atoms with Crippen molar-refractivity contribution in [1.82, 2.24) is 14.9 Å². The van der Waals surface area contributed by atoms with Crippen LogP contribution < -0.4 is 0 Å². The van der Waals surface area contributed by atoms with Gasteiger partial charge in [0, 0.05) is 41.3 Å². The molecule has 184 valence electrons. The fraction of sp³-hybridized carbons (Fsp3) is 0.423. The molecule has 0 unspecified atom stereocenters. The van der Waals surface area contributed by atoms with Crippen molar-refractivity contribution >= 4 is 45.7 Å². The number of aromatic nitrogens is 2. The van der Waals surface area contributed by atoms with Gasteiger partial charge in [-0.25, -0.2) is 9.97 Å². The SMILES string of the molecule is Br.CC(C)(C)c1cc(C(=O)CN2Cc3ccc(C4CC4)nc3C2=N)cc2nc(CCC(=O)O)oc12. The lowest BCUT2D eigenvalue weighted by molar-refractivity contribution is -0.137. The van der Waals surface area contributed by atoms with Crippen molar-refractivity contribution in [3.05, 3.63) is 58.2 Å². The fourth-order valence-corrected chi connectivity index (χ4v) is 4.39. The van der Waals surface area contributed by atoms with E-state index in [2.05, 4.69) is 4.98 Å². The monoisotopic (exact) mass is 540 g/mol. The van der Waals surface area contributed by atoms with Crippen LogP contribution in [0.25, 0.3) is 11.1 Å². The molecule has 3 heterocycles. The molecule has 2 aromatic heterocycles. The molecular weight excluding hydrogens is 512 g/mol. The number of aliphatic carboxylic acids is 1. The quantitative estimate of drug-likeness (QED) is 0.403. The number of hydrogen-bond donors (Lipinski definition) is 2. The predicted octanol–water partition coefficient (Wildman–Crippen LogP) is 5.02. The van der Waals surface area contributed by atoms with E-state index in [1.165, 1.54) is 0 Å². The molecule has 35 heavy (non-hydrogen) atoms. The highest BCUT2D eigenvalue weighted by atomic mass is 79.9. The number of pyridine rings is 1. The van der Waals surface area contributed by atoms with Crippen molar-refractivity contribution in [2.45, 2.75) is 64.3 Å². The number of Topliss-reactive ketones (excluding diaryl/α,β-unsaturated/α-hetero) is 1. The molecule has 0 amide bonds. The van der Waals surface area contributed by atoms with Gasteiger partial charge in [0.1, 0.15) is 17.0 Å². The van der Waals surface area contributed by atoms with Gasteiger partial charge in [-0.2, -0.15) is 0 Å². The zero-order chi connectivity index (χ0) is 24.2. The van der Waals surface area contributed by atoms with Crippen molar-refractivity contribution in [2.24, 2.45) is 0 Å².